The SMILES string of the molecule is Cc1ccc2nc(-c3ccc(NC(=O)CN4CCC(C(=O)N5CCCCC5)CC4)cc3)sc2c1. The molecule has 5 rings (SSSR count). The van der Waals surface area contributed by atoms with Crippen LogP contribution in [0, 0.1) is 12.8 Å². The molecule has 2 aliphatic heterocycles. The predicted molar refractivity (Wildman–Crippen MR) is 138 cm³/mol. The van der Waals surface area contributed by atoms with Crippen molar-refractivity contribution >= 4 is 39.1 Å². The fraction of sp³-hybridized carbons (Fsp3) is 0.444. The van der Waals surface area contributed by atoms with Crippen molar-refractivity contribution in [2.45, 2.75) is 39.0 Å². The highest BCUT2D eigenvalue weighted by atomic mass is 32.1. The largest absolute Gasteiger partial charge is 0.342 e. The molecule has 3 heterocycles. The zero-order chi connectivity index (χ0) is 23.5. The first-order valence-electron chi connectivity index (χ1n) is 12.3. The van der Waals surface area contributed by atoms with Gasteiger partial charge in [-0.15, -0.1) is 11.3 Å². The van der Waals surface area contributed by atoms with Crippen molar-refractivity contribution in [1.82, 2.24) is 14.8 Å². The summed E-state index contributed by atoms with van der Waals surface area (Å²) in [5.41, 5.74) is 4.10. The van der Waals surface area contributed by atoms with E-state index in [0.717, 1.165) is 73.6 Å². The third-order valence-corrected chi connectivity index (χ3v) is 8.00. The number of nitrogens with zero attached hydrogens (tertiary/aromatic N) is 3. The van der Waals surface area contributed by atoms with Gasteiger partial charge in [-0.1, -0.05) is 6.07 Å². The molecule has 0 radical (unpaired) electrons. The van der Waals surface area contributed by atoms with Gasteiger partial charge < -0.3 is 10.2 Å². The summed E-state index contributed by atoms with van der Waals surface area (Å²) in [6.07, 6.45) is 5.19. The van der Waals surface area contributed by atoms with Crippen LogP contribution >= 0.6 is 11.3 Å². The molecule has 6 nitrogen and oxygen atoms in total. The van der Waals surface area contributed by atoms with Crippen molar-refractivity contribution < 1.29 is 9.59 Å². The number of carbonyl (C=O) groups excluding carboxylic acids is 2. The second-order valence-electron chi connectivity index (χ2n) is 9.55. The average molecular weight is 477 g/mol. The van der Waals surface area contributed by atoms with E-state index in [-0.39, 0.29) is 11.8 Å². The minimum atomic E-state index is -0.0102. The van der Waals surface area contributed by atoms with E-state index in [2.05, 4.69) is 40.2 Å². The van der Waals surface area contributed by atoms with Gasteiger partial charge in [0.1, 0.15) is 5.01 Å². The fourth-order valence-electron chi connectivity index (χ4n) is 4.97. The number of amides is 2. The van der Waals surface area contributed by atoms with Crippen molar-refractivity contribution in [1.29, 1.82) is 0 Å². The normalized spacial score (nSPS) is 17.7. The van der Waals surface area contributed by atoms with Crippen LogP contribution < -0.4 is 5.32 Å². The lowest BCUT2D eigenvalue weighted by Crippen LogP contribution is -2.45. The van der Waals surface area contributed by atoms with Gasteiger partial charge in [0.05, 0.1) is 16.8 Å². The van der Waals surface area contributed by atoms with Gasteiger partial charge in [0, 0.05) is 30.3 Å². The molecular weight excluding hydrogens is 444 g/mol. The fourth-order valence-corrected chi connectivity index (χ4v) is 6.03. The van der Waals surface area contributed by atoms with Crippen LogP contribution in [0.15, 0.2) is 42.5 Å². The maximum atomic E-state index is 12.7. The molecule has 2 fully saturated rings. The summed E-state index contributed by atoms with van der Waals surface area (Å²) < 4.78 is 1.19. The van der Waals surface area contributed by atoms with Crippen LogP contribution in [0.2, 0.25) is 0 Å². The molecule has 2 aromatic carbocycles. The van der Waals surface area contributed by atoms with E-state index >= 15 is 0 Å². The van der Waals surface area contributed by atoms with Crippen molar-refractivity contribution in [2.24, 2.45) is 5.92 Å². The number of aryl methyl sites for hydroxylation is 1. The number of anilines is 1. The van der Waals surface area contributed by atoms with Gasteiger partial charge in [0.2, 0.25) is 11.8 Å². The molecule has 0 atom stereocenters. The Bertz CT molecular complexity index is 1160. The third-order valence-electron chi connectivity index (χ3n) is 6.93. The Morgan fingerprint density at radius 1 is 1.00 bits per heavy atom. The number of hydrogen-bond donors (Lipinski definition) is 1. The monoisotopic (exact) mass is 476 g/mol. The predicted octanol–water partition coefficient (Wildman–Crippen LogP) is 4.93. The first-order valence-corrected chi connectivity index (χ1v) is 13.2. The zero-order valence-electron chi connectivity index (χ0n) is 19.8. The smallest absolute Gasteiger partial charge is 0.238 e. The Balaban J connectivity index is 1.11. The summed E-state index contributed by atoms with van der Waals surface area (Å²) in [5, 5.41) is 4.00. The second kappa shape index (κ2) is 10.2. The number of rotatable bonds is 5. The molecule has 1 N–H and O–H groups in total. The molecule has 2 saturated heterocycles. The molecule has 2 aliphatic rings. The molecule has 3 aromatic rings. The molecule has 0 saturated carbocycles. The summed E-state index contributed by atoms with van der Waals surface area (Å²) in [5.74, 6) is 0.438. The second-order valence-corrected chi connectivity index (χ2v) is 10.6. The average Bonchev–Trinajstić information content (AvgIpc) is 3.28. The van der Waals surface area contributed by atoms with E-state index in [1.54, 1.807) is 11.3 Å². The van der Waals surface area contributed by atoms with Crippen molar-refractivity contribution in [2.75, 3.05) is 38.0 Å². The molecule has 0 unspecified atom stereocenters. The zero-order valence-corrected chi connectivity index (χ0v) is 20.6. The Morgan fingerprint density at radius 2 is 1.74 bits per heavy atom. The number of hydrogen-bond acceptors (Lipinski definition) is 5. The molecule has 178 valence electrons. The van der Waals surface area contributed by atoms with Crippen molar-refractivity contribution in [3.63, 3.8) is 0 Å². The van der Waals surface area contributed by atoms with Gasteiger partial charge in [0.15, 0.2) is 0 Å². The summed E-state index contributed by atoms with van der Waals surface area (Å²) >= 11 is 1.69. The minimum Gasteiger partial charge on any atom is -0.342 e. The van der Waals surface area contributed by atoms with E-state index in [0.29, 0.717) is 12.5 Å². The molecule has 1 aromatic heterocycles. The number of piperidine rings is 2. The van der Waals surface area contributed by atoms with Crippen LogP contribution in [0.4, 0.5) is 5.69 Å². The molecule has 0 bridgehead atoms. The van der Waals surface area contributed by atoms with Crippen LogP contribution in [0.5, 0.6) is 0 Å². The maximum Gasteiger partial charge on any atom is 0.238 e. The number of fused-ring (bicyclic) bond motifs is 1. The highest BCUT2D eigenvalue weighted by Crippen LogP contribution is 2.31. The van der Waals surface area contributed by atoms with Gasteiger partial charge in [-0.3, -0.25) is 14.5 Å². The van der Waals surface area contributed by atoms with Crippen molar-refractivity contribution in [3.05, 3.63) is 48.0 Å². The molecular formula is C27H32N4O2S. The molecule has 0 spiro atoms. The van der Waals surface area contributed by atoms with Gasteiger partial charge in [-0.2, -0.15) is 0 Å². The summed E-state index contributed by atoms with van der Waals surface area (Å²) in [4.78, 5) is 34.3. The van der Waals surface area contributed by atoms with E-state index in [4.69, 9.17) is 4.98 Å². The van der Waals surface area contributed by atoms with Gasteiger partial charge >= 0.3 is 0 Å². The number of benzene rings is 2. The lowest BCUT2D eigenvalue weighted by Gasteiger charge is -2.35. The summed E-state index contributed by atoms with van der Waals surface area (Å²) in [6, 6.07) is 14.2. The van der Waals surface area contributed by atoms with Gasteiger partial charge in [0.25, 0.3) is 0 Å². The highest BCUT2D eigenvalue weighted by Gasteiger charge is 2.29. The Morgan fingerprint density at radius 3 is 2.47 bits per heavy atom. The Labute approximate surface area is 205 Å². The number of thiazole rings is 1. The van der Waals surface area contributed by atoms with Crippen LogP contribution in [-0.4, -0.2) is 59.3 Å². The Hall–Kier alpha value is -2.77. The minimum absolute atomic E-state index is 0.0102. The van der Waals surface area contributed by atoms with Gasteiger partial charge in [-0.05, 0) is 94.1 Å². The molecule has 2 amide bonds. The van der Waals surface area contributed by atoms with Crippen LogP contribution in [0.25, 0.3) is 20.8 Å². The first-order chi connectivity index (χ1) is 16.5. The third kappa shape index (κ3) is 5.31. The topological polar surface area (TPSA) is 65.5 Å². The standard InChI is InChI=1S/C27H32N4O2S/c1-19-5-10-23-24(17-19)34-26(29-23)20-6-8-22(9-7-20)28-25(32)18-30-15-11-21(12-16-30)27(33)31-13-3-2-4-14-31/h5-10,17,21H,2-4,11-16,18H2,1H3,(H,28,32). The Kier molecular flexibility index (Phi) is 6.92. The van der Waals surface area contributed by atoms with E-state index < -0.39 is 0 Å². The lowest BCUT2D eigenvalue weighted by molar-refractivity contribution is -0.138. The molecule has 0 aliphatic carbocycles. The number of likely N-dealkylation sites (tertiary alicyclic amines) is 2. The summed E-state index contributed by atoms with van der Waals surface area (Å²) in [7, 11) is 0. The lowest BCUT2D eigenvalue weighted by atomic mass is 9.94. The van der Waals surface area contributed by atoms with E-state index in [1.165, 1.54) is 16.7 Å². The van der Waals surface area contributed by atoms with Crippen LogP contribution in [0.3, 0.4) is 0 Å². The van der Waals surface area contributed by atoms with Crippen LogP contribution in [0.1, 0.15) is 37.7 Å². The molecule has 34 heavy (non-hydrogen) atoms. The number of aromatic nitrogens is 1. The van der Waals surface area contributed by atoms with Crippen molar-refractivity contribution in [3.8, 4) is 10.6 Å². The van der Waals surface area contributed by atoms with E-state index in [9.17, 15) is 9.59 Å². The number of carbonyl (C=O) groups is 2. The quantitative estimate of drug-likeness (QED) is 0.567. The maximum absolute atomic E-state index is 12.7. The highest BCUT2D eigenvalue weighted by molar-refractivity contribution is 7.21. The van der Waals surface area contributed by atoms with E-state index in [1.807, 2.05) is 24.3 Å². The van der Waals surface area contributed by atoms with Gasteiger partial charge in [-0.25, -0.2) is 4.98 Å². The summed E-state index contributed by atoms with van der Waals surface area (Å²) in [6.45, 7) is 5.89. The first kappa shape index (κ1) is 23.0. The molecule has 7 heteroatoms. The number of nitrogens with one attached hydrogen (secondary N) is 1. The van der Waals surface area contributed by atoms with Crippen LogP contribution in [-0.2, 0) is 9.59 Å².